The topological polar surface area (TPSA) is 26.0 Å². The van der Waals surface area contributed by atoms with Gasteiger partial charge in [0, 0.05) is 16.1 Å². The van der Waals surface area contributed by atoms with E-state index in [0.29, 0.717) is 5.02 Å². The van der Waals surface area contributed by atoms with Crippen LogP contribution in [0.4, 0.5) is 0 Å². The molecule has 1 nitrogen and oxygen atoms in total. The first-order valence-corrected chi connectivity index (χ1v) is 7.10. The van der Waals surface area contributed by atoms with Gasteiger partial charge in [-0.15, -0.1) is 0 Å². The lowest BCUT2D eigenvalue weighted by Crippen LogP contribution is -2.25. The van der Waals surface area contributed by atoms with Gasteiger partial charge in [-0.25, -0.2) is 0 Å². The summed E-state index contributed by atoms with van der Waals surface area (Å²) in [6, 6.07) is 5.88. The van der Waals surface area contributed by atoms with Gasteiger partial charge in [0.25, 0.3) is 0 Å². The van der Waals surface area contributed by atoms with Gasteiger partial charge in [0.2, 0.25) is 0 Å². The molecule has 0 aromatic heterocycles. The quantitative estimate of drug-likeness (QED) is 0.861. The minimum atomic E-state index is 0.219. The van der Waals surface area contributed by atoms with Gasteiger partial charge in [-0.05, 0) is 36.5 Å². The highest BCUT2D eigenvalue weighted by Crippen LogP contribution is 2.29. The summed E-state index contributed by atoms with van der Waals surface area (Å²) >= 11 is 12.0. The van der Waals surface area contributed by atoms with Gasteiger partial charge in [0.15, 0.2) is 0 Å². The third-order valence-corrected chi connectivity index (χ3v) is 4.19. The number of benzene rings is 1. The molecule has 94 valence electrons. The number of halogens is 2. The first-order valence-electron chi connectivity index (χ1n) is 6.34. The number of hydrogen-bond donors (Lipinski definition) is 1. The lowest BCUT2D eigenvalue weighted by atomic mass is 9.94. The van der Waals surface area contributed by atoms with Gasteiger partial charge in [-0.3, -0.25) is 0 Å². The fourth-order valence-corrected chi connectivity index (χ4v) is 3.21. The molecule has 0 heterocycles. The Morgan fingerprint density at radius 2 is 1.94 bits per heavy atom. The summed E-state index contributed by atoms with van der Waals surface area (Å²) < 4.78 is 0. The molecule has 2 N–H and O–H groups in total. The van der Waals surface area contributed by atoms with Crippen LogP contribution in [-0.4, -0.2) is 6.04 Å². The van der Waals surface area contributed by atoms with E-state index < -0.39 is 0 Å². The molecule has 1 aliphatic rings. The van der Waals surface area contributed by atoms with Crippen LogP contribution < -0.4 is 5.73 Å². The average molecular weight is 272 g/mol. The molecule has 0 bridgehead atoms. The molecule has 3 heteroatoms. The molecule has 1 aromatic carbocycles. The van der Waals surface area contributed by atoms with Gasteiger partial charge in [-0.1, -0.05) is 55.0 Å². The highest BCUT2D eigenvalue weighted by molar-refractivity contribution is 6.35. The molecule has 1 saturated carbocycles. The van der Waals surface area contributed by atoms with Gasteiger partial charge >= 0.3 is 0 Å². The molecule has 1 fully saturated rings. The Morgan fingerprint density at radius 1 is 1.24 bits per heavy atom. The second-order valence-corrected chi connectivity index (χ2v) is 5.93. The maximum Gasteiger partial charge on any atom is 0.0453 e. The largest absolute Gasteiger partial charge is 0.327 e. The molecule has 17 heavy (non-hydrogen) atoms. The second kappa shape index (κ2) is 6.08. The summed E-state index contributed by atoms with van der Waals surface area (Å²) in [5, 5.41) is 1.42. The minimum absolute atomic E-state index is 0.219. The van der Waals surface area contributed by atoms with Crippen LogP contribution >= 0.6 is 23.2 Å². The Labute approximate surface area is 113 Å². The minimum Gasteiger partial charge on any atom is -0.327 e. The Kier molecular flexibility index (Phi) is 4.72. The number of hydrogen-bond acceptors (Lipinski definition) is 1. The third kappa shape index (κ3) is 3.87. The van der Waals surface area contributed by atoms with Crippen LogP contribution in [0, 0.1) is 5.92 Å². The van der Waals surface area contributed by atoms with E-state index in [1.165, 1.54) is 25.7 Å². The fourth-order valence-electron chi connectivity index (χ4n) is 2.73. The van der Waals surface area contributed by atoms with Crippen molar-refractivity contribution in [1.82, 2.24) is 0 Å². The molecule has 1 unspecified atom stereocenters. The van der Waals surface area contributed by atoms with Crippen molar-refractivity contribution >= 4 is 23.2 Å². The lowest BCUT2D eigenvalue weighted by molar-refractivity contribution is 0.440. The van der Waals surface area contributed by atoms with Crippen molar-refractivity contribution in [3.05, 3.63) is 33.8 Å². The van der Waals surface area contributed by atoms with Crippen molar-refractivity contribution in [2.45, 2.75) is 44.6 Å². The maximum atomic E-state index is 6.20. The Bertz CT molecular complexity index is 372. The standard InChI is InChI=1S/C14H19Cl2N/c15-12-6-5-11(14(16)9-12)8-13(17)7-10-3-1-2-4-10/h5-6,9-10,13H,1-4,7-8,17H2. The Hall–Kier alpha value is -0.240. The zero-order valence-corrected chi connectivity index (χ0v) is 11.5. The molecule has 0 spiro atoms. The van der Waals surface area contributed by atoms with Gasteiger partial charge in [0.1, 0.15) is 0 Å². The van der Waals surface area contributed by atoms with E-state index >= 15 is 0 Å². The normalized spacial score (nSPS) is 18.5. The summed E-state index contributed by atoms with van der Waals surface area (Å²) in [6.07, 6.45) is 7.42. The summed E-state index contributed by atoms with van der Waals surface area (Å²) in [5.41, 5.74) is 7.31. The van der Waals surface area contributed by atoms with E-state index in [0.717, 1.165) is 29.3 Å². The zero-order valence-electron chi connectivity index (χ0n) is 9.96. The molecule has 1 aromatic rings. The summed E-state index contributed by atoms with van der Waals surface area (Å²) in [4.78, 5) is 0. The average Bonchev–Trinajstić information content (AvgIpc) is 2.75. The van der Waals surface area contributed by atoms with E-state index in [9.17, 15) is 0 Å². The smallest absolute Gasteiger partial charge is 0.0453 e. The van der Waals surface area contributed by atoms with Crippen molar-refractivity contribution < 1.29 is 0 Å². The van der Waals surface area contributed by atoms with E-state index in [-0.39, 0.29) is 6.04 Å². The van der Waals surface area contributed by atoms with Crippen molar-refractivity contribution in [3.8, 4) is 0 Å². The third-order valence-electron chi connectivity index (χ3n) is 3.61. The van der Waals surface area contributed by atoms with Gasteiger partial charge in [-0.2, -0.15) is 0 Å². The number of rotatable bonds is 4. The molecule has 1 aliphatic carbocycles. The van der Waals surface area contributed by atoms with Crippen LogP contribution in [0.1, 0.15) is 37.7 Å². The molecule has 0 amide bonds. The predicted molar refractivity (Wildman–Crippen MR) is 74.7 cm³/mol. The highest BCUT2D eigenvalue weighted by Gasteiger charge is 2.18. The number of nitrogens with two attached hydrogens (primary N) is 1. The van der Waals surface area contributed by atoms with Crippen LogP contribution in [0.3, 0.4) is 0 Å². The van der Waals surface area contributed by atoms with Gasteiger partial charge < -0.3 is 5.73 Å². The fraction of sp³-hybridized carbons (Fsp3) is 0.571. The molecular formula is C14H19Cl2N. The van der Waals surface area contributed by atoms with E-state index in [2.05, 4.69) is 0 Å². The van der Waals surface area contributed by atoms with E-state index in [1.54, 1.807) is 6.07 Å². The lowest BCUT2D eigenvalue weighted by Gasteiger charge is -2.17. The summed E-state index contributed by atoms with van der Waals surface area (Å²) in [6.45, 7) is 0. The van der Waals surface area contributed by atoms with Crippen molar-refractivity contribution in [2.75, 3.05) is 0 Å². The van der Waals surface area contributed by atoms with Crippen molar-refractivity contribution in [2.24, 2.45) is 11.7 Å². The molecular weight excluding hydrogens is 253 g/mol. The molecule has 0 aliphatic heterocycles. The molecule has 1 atom stereocenters. The van der Waals surface area contributed by atoms with E-state index in [4.69, 9.17) is 28.9 Å². The zero-order chi connectivity index (χ0) is 12.3. The molecule has 0 radical (unpaired) electrons. The van der Waals surface area contributed by atoms with Gasteiger partial charge in [0.05, 0.1) is 0 Å². The van der Waals surface area contributed by atoms with Crippen LogP contribution in [0.25, 0.3) is 0 Å². The Morgan fingerprint density at radius 3 is 2.59 bits per heavy atom. The first kappa shape index (κ1) is 13.2. The first-order chi connectivity index (χ1) is 8.15. The van der Waals surface area contributed by atoms with Crippen molar-refractivity contribution in [1.29, 1.82) is 0 Å². The van der Waals surface area contributed by atoms with Crippen LogP contribution in [-0.2, 0) is 6.42 Å². The van der Waals surface area contributed by atoms with Crippen LogP contribution in [0.15, 0.2) is 18.2 Å². The monoisotopic (exact) mass is 271 g/mol. The summed E-state index contributed by atoms with van der Waals surface area (Å²) in [7, 11) is 0. The predicted octanol–water partition coefficient (Wildman–Crippen LogP) is 4.44. The molecule has 0 saturated heterocycles. The highest BCUT2D eigenvalue weighted by atomic mass is 35.5. The molecule has 2 rings (SSSR count). The summed E-state index contributed by atoms with van der Waals surface area (Å²) in [5.74, 6) is 0.830. The SMILES string of the molecule is NC(Cc1ccc(Cl)cc1Cl)CC1CCCC1. The second-order valence-electron chi connectivity index (χ2n) is 5.09. The van der Waals surface area contributed by atoms with Crippen molar-refractivity contribution in [3.63, 3.8) is 0 Å². The van der Waals surface area contributed by atoms with Crippen LogP contribution in [0.5, 0.6) is 0 Å². The van der Waals surface area contributed by atoms with E-state index in [1.807, 2.05) is 12.1 Å². The maximum absolute atomic E-state index is 6.20. The Balaban J connectivity index is 1.90. The van der Waals surface area contributed by atoms with Crippen LogP contribution in [0.2, 0.25) is 10.0 Å².